The summed E-state index contributed by atoms with van der Waals surface area (Å²) in [6.45, 7) is 5.39. The number of aryl methyl sites for hydroxylation is 1. The van der Waals surface area contributed by atoms with Crippen LogP contribution in [-0.4, -0.2) is 64.2 Å². The molecule has 0 aliphatic heterocycles. The summed E-state index contributed by atoms with van der Waals surface area (Å²) in [4.78, 5) is 29.5. The summed E-state index contributed by atoms with van der Waals surface area (Å²) in [7, 11) is -1.07. The topological polar surface area (TPSA) is 105 Å². The van der Waals surface area contributed by atoms with E-state index in [1.54, 1.807) is 12.1 Å². The molecule has 0 heterocycles. The van der Waals surface area contributed by atoms with E-state index >= 15 is 0 Å². The maximum Gasteiger partial charge on any atom is 0.244 e. The lowest BCUT2D eigenvalue weighted by Crippen LogP contribution is -2.54. The third-order valence-electron chi connectivity index (χ3n) is 7.04. The van der Waals surface area contributed by atoms with E-state index in [1.807, 2.05) is 75.4 Å². The normalized spacial score (nSPS) is 12.6. The Kier molecular flexibility index (Phi) is 11.4. The number of rotatable bonds is 14. The standard InChI is InChI=1S/C32H41N3O6S/c1-7-24(3)33-32(37)29(19-25-13-9-8-10-14-25)34(21-26-15-11-12-23(2)18-26)31(36)22-35(42(6,38)39)28-20-27(40-4)16-17-30(28)41-5/h8-18,20,24,29H,7,19,21-22H2,1-6H3,(H,33,37). The van der Waals surface area contributed by atoms with Gasteiger partial charge in [0, 0.05) is 25.1 Å². The van der Waals surface area contributed by atoms with Crippen LogP contribution in [0.2, 0.25) is 0 Å². The van der Waals surface area contributed by atoms with Crippen LogP contribution in [0, 0.1) is 6.92 Å². The fourth-order valence-corrected chi connectivity index (χ4v) is 5.43. The summed E-state index contributed by atoms with van der Waals surface area (Å²) in [5.41, 5.74) is 2.86. The number of nitrogens with one attached hydrogen (secondary N) is 1. The van der Waals surface area contributed by atoms with E-state index in [0.717, 1.165) is 27.3 Å². The van der Waals surface area contributed by atoms with Crippen molar-refractivity contribution >= 4 is 27.5 Å². The van der Waals surface area contributed by atoms with Crippen LogP contribution in [0.1, 0.15) is 37.0 Å². The number of benzene rings is 3. The number of amides is 2. The smallest absolute Gasteiger partial charge is 0.244 e. The number of nitrogens with zero attached hydrogens (tertiary/aromatic N) is 2. The average molecular weight is 596 g/mol. The third-order valence-corrected chi connectivity index (χ3v) is 8.17. The van der Waals surface area contributed by atoms with Gasteiger partial charge in [-0.25, -0.2) is 8.42 Å². The summed E-state index contributed by atoms with van der Waals surface area (Å²) in [6, 6.07) is 20.9. The van der Waals surface area contributed by atoms with Crippen molar-refractivity contribution in [2.75, 3.05) is 31.3 Å². The zero-order valence-corrected chi connectivity index (χ0v) is 26.0. The Hall–Kier alpha value is -4.05. The molecule has 0 fully saturated rings. The quantitative estimate of drug-likeness (QED) is 0.298. The van der Waals surface area contributed by atoms with E-state index in [4.69, 9.17) is 9.47 Å². The molecule has 42 heavy (non-hydrogen) atoms. The van der Waals surface area contributed by atoms with Crippen molar-refractivity contribution in [3.63, 3.8) is 0 Å². The molecule has 0 aliphatic carbocycles. The van der Waals surface area contributed by atoms with Gasteiger partial charge in [0.05, 0.1) is 26.2 Å². The fourth-order valence-electron chi connectivity index (χ4n) is 4.59. The minimum absolute atomic E-state index is 0.110. The molecular weight excluding hydrogens is 554 g/mol. The maximum atomic E-state index is 14.3. The van der Waals surface area contributed by atoms with Crippen molar-refractivity contribution in [3.05, 3.63) is 89.5 Å². The number of ether oxygens (including phenoxy) is 2. The maximum absolute atomic E-state index is 14.3. The van der Waals surface area contributed by atoms with E-state index in [0.29, 0.717) is 12.2 Å². The van der Waals surface area contributed by atoms with E-state index in [9.17, 15) is 18.0 Å². The molecule has 3 aromatic rings. The van der Waals surface area contributed by atoms with Gasteiger partial charge in [-0.15, -0.1) is 0 Å². The van der Waals surface area contributed by atoms with E-state index < -0.39 is 28.5 Å². The van der Waals surface area contributed by atoms with Crippen LogP contribution < -0.4 is 19.1 Å². The van der Waals surface area contributed by atoms with Gasteiger partial charge in [-0.2, -0.15) is 0 Å². The van der Waals surface area contributed by atoms with E-state index in [2.05, 4.69) is 5.32 Å². The average Bonchev–Trinajstić information content (AvgIpc) is 2.97. The molecule has 9 nitrogen and oxygen atoms in total. The Morgan fingerprint density at radius 3 is 2.21 bits per heavy atom. The highest BCUT2D eigenvalue weighted by molar-refractivity contribution is 7.92. The van der Waals surface area contributed by atoms with Crippen molar-refractivity contribution in [2.45, 2.75) is 52.2 Å². The summed E-state index contributed by atoms with van der Waals surface area (Å²) >= 11 is 0. The molecule has 1 N–H and O–H groups in total. The van der Waals surface area contributed by atoms with Gasteiger partial charge in [-0.3, -0.25) is 13.9 Å². The fraction of sp³-hybridized carbons (Fsp3) is 0.375. The molecule has 2 unspecified atom stereocenters. The first-order valence-electron chi connectivity index (χ1n) is 13.9. The van der Waals surface area contributed by atoms with Crippen LogP contribution in [-0.2, 0) is 32.6 Å². The summed E-state index contributed by atoms with van der Waals surface area (Å²) in [5.74, 6) is -0.181. The van der Waals surface area contributed by atoms with Crippen molar-refractivity contribution in [1.29, 1.82) is 0 Å². The van der Waals surface area contributed by atoms with Gasteiger partial charge in [-0.1, -0.05) is 67.1 Å². The van der Waals surface area contributed by atoms with Crippen LogP contribution in [0.25, 0.3) is 0 Å². The second-order valence-electron chi connectivity index (χ2n) is 10.3. The van der Waals surface area contributed by atoms with Gasteiger partial charge >= 0.3 is 0 Å². The monoisotopic (exact) mass is 595 g/mol. The summed E-state index contributed by atoms with van der Waals surface area (Å²) in [5, 5.41) is 3.03. The van der Waals surface area contributed by atoms with Crippen molar-refractivity contribution in [1.82, 2.24) is 10.2 Å². The number of anilines is 1. The highest BCUT2D eigenvalue weighted by Gasteiger charge is 2.34. The lowest BCUT2D eigenvalue weighted by atomic mass is 10.0. The molecule has 0 radical (unpaired) electrons. The molecule has 0 bridgehead atoms. The Labute approximate surface area is 249 Å². The third kappa shape index (κ3) is 8.72. The first kappa shape index (κ1) is 32.5. The predicted molar refractivity (Wildman–Crippen MR) is 165 cm³/mol. The molecule has 3 aromatic carbocycles. The minimum atomic E-state index is -3.96. The molecule has 0 aromatic heterocycles. The van der Waals surface area contributed by atoms with Gasteiger partial charge in [0.25, 0.3) is 0 Å². The van der Waals surface area contributed by atoms with Gasteiger partial charge < -0.3 is 19.7 Å². The van der Waals surface area contributed by atoms with Crippen LogP contribution in [0.4, 0.5) is 5.69 Å². The first-order valence-corrected chi connectivity index (χ1v) is 15.7. The van der Waals surface area contributed by atoms with Gasteiger partial charge in [0.1, 0.15) is 24.1 Å². The molecule has 0 spiro atoms. The van der Waals surface area contributed by atoms with Crippen LogP contribution in [0.3, 0.4) is 0 Å². The van der Waals surface area contributed by atoms with Crippen molar-refractivity contribution in [2.24, 2.45) is 0 Å². The largest absolute Gasteiger partial charge is 0.497 e. The zero-order chi connectivity index (χ0) is 30.9. The van der Waals surface area contributed by atoms with Gasteiger partial charge in [-0.05, 0) is 43.5 Å². The SMILES string of the molecule is CCC(C)NC(=O)C(Cc1ccccc1)N(Cc1cccc(C)c1)C(=O)CN(c1cc(OC)ccc1OC)S(C)(=O)=O. The minimum Gasteiger partial charge on any atom is -0.497 e. The lowest BCUT2D eigenvalue weighted by molar-refractivity contribution is -0.140. The van der Waals surface area contributed by atoms with Gasteiger partial charge in [0.2, 0.25) is 21.8 Å². The number of carbonyl (C=O) groups excluding carboxylic acids is 2. The van der Waals surface area contributed by atoms with Crippen LogP contribution in [0.5, 0.6) is 11.5 Å². The summed E-state index contributed by atoms with van der Waals surface area (Å²) in [6.07, 6.45) is 2.00. The Bertz CT molecular complexity index is 1460. The number of sulfonamides is 1. The van der Waals surface area contributed by atoms with Crippen molar-refractivity contribution < 1.29 is 27.5 Å². The Morgan fingerprint density at radius 2 is 1.62 bits per heavy atom. The van der Waals surface area contributed by atoms with Crippen LogP contribution in [0.15, 0.2) is 72.8 Å². The number of carbonyl (C=O) groups is 2. The number of methoxy groups -OCH3 is 2. The van der Waals surface area contributed by atoms with E-state index in [-0.39, 0.29) is 36.4 Å². The molecule has 10 heteroatoms. The zero-order valence-electron chi connectivity index (χ0n) is 25.2. The molecular formula is C32H41N3O6S. The molecule has 0 saturated carbocycles. The molecule has 2 atom stereocenters. The Balaban J connectivity index is 2.11. The Morgan fingerprint density at radius 1 is 0.929 bits per heavy atom. The number of hydrogen-bond donors (Lipinski definition) is 1. The highest BCUT2D eigenvalue weighted by atomic mass is 32.2. The summed E-state index contributed by atoms with van der Waals surface area (Å²) < 4.78 is 38.0. The highest BCUT2D eigenvalue weighted by Crippen LogP contribution is 2.34. The predicted octanol–water partition coefficient (Wildman–Crippen LogP) is 4.33. The van der Waals surface area contributed by atoms with Gasteiger partial charge in [0.15, 0.2) is 0 Å². The lowest BCUT2D eigenvalue weighted by Gasteiger charge is -2.34. The molecule has 3 rings (SSSR count). The second kappa shape index (κ2) is 14.7. The molecule has 226 valence electrons. The molecule has 2 amide bonds. The molecule has 0 saturated heterocycles. The molecule has 0 aliphatic rings. The second-order valence-corrected chi connectivity index (χ2v) is 12.2. The van der Waals surface area contributed by atoms with Crippen molar-refractivity contribution in [3.8, 4) is 11.5 Å². The van der Waals surface area contributed by atoms with E-state index in [1.165, 1.54) is 25.2 Å². The first-order chi connectivity index (χ1) is 20.0. The number of hydrogen-bond acceptors (Lipinski definition) is 6. The van der Waals surface area contributed by atoms with Crippen LogP contribution >= 0.6 is 0 Å².